The number of morpholine rings is 1. The minimum atomic E-state index is -0.189. The number of hydrogen-bond donors (Lipinski definition) is 1. The fourth-order valence-electron chi connectivity index (χ4n) is 2.66. The van der Waals surface area contributed by atoms with Crippen LogP contribution in [-0.2, 0) is 11.2 Å². The van der Waals surface area contributed by atoms with Crippen LogP contribution in [0, 0.1) is 0 Å². The van der Waals surface area contributed by atoms with Crippen LogP contribution in [0.3, 0.4) is 0 Å². The lowest BCUT2D eigenvalue weighted by Gasteiger charge is -2.41. The molecule has 0 aliphatic carbocycles. The van der Waals surface area contributed by atoms with Gasteiger partial charge in [-0.05, 0) is 38.5 Å². The number of benzene rings is 1. The lowest BCUT2D eigenvalue weighted by molar-refractivity contribution is -0.114. The molecule has 1 heterocycles. The van der Waals surface area contributed by atoms with Crippen LogP contribution in [0.2, 0.25) is 0 Å². The molecule has 1 fully saturated rings. The van der Waals surface area contributed by atoms with Gasteiger partial charge in [0.25, 0.3) is 0 Å². The number of methoxy groups -OCH3 is 2. The molecular formula is C16H25NO3. The largest absolute Gasteiger partial charge is 0.493 e. The molecule has 112 valence electrons. The summed E-state index contributed by atoms with van der Waals surface area (Å²) in [7, 11) is 3.31. The molecule has 4 heteroatoms. The van der Waals surface area contributed by atoms with Crippen molar-refractivity contribution in [2.45, 2.75) is 44.9 Å². The zero-order valence-electron chi connectivity index (χ0n) is 13.0. The molecule has 0 amide bonds. The van der Waals surface area contributed by atoms with Crippen LogP contribution < -0.4 is 14.8 Å². The summed E-state index contributed by atoms with van der Waals surface area (Å²) in [5.74, 6) is 1.52. The van der Waals surface area contributed by atoms with E-state index < -0.39 is 0 Å². The topological polar surface area (TPSA) is 39.7 Å². The second-order valence-corrected chi connectivity index (χ2v) is 5.81. The van der Waals surface area contributed by atoms with Crippen LogP contribution in [0.5, 0.6) is 11.5 Å². The molecule has 1 aromatic rings. The molecule has 1 aromatic carbocycles. The summed E-state index contributed by atoms with van der Waals surface area (Å²) < 4.78 is 16.8. The minimum absolute atomic E-state index is 0.189. The second kappa shape index (κ2) is 6.02. The number of rotatable bonds is 4. The van der Waals surface area contributed by atoms with Crippen molar-refractivity contribution in [3.05, 3.63) is 23.8 Å². The van der Waals surface area contributed by atoms with Gasteiger partial charge in [-0.3, -0.25) is 0 Å². The monoisotopic (exact) mass is 279 g/mol. The number of ether oxygens (including phenoxy) is 3. The normalized spacial score (nSPS) is 30.1. The van der Waals surface area contributed by atoms with Crippen molar-refractivity contribution in [3.8, 4) is 11.5 Å². The molecule has 3 atom stereocenters. The third kappa shape index (κ3) is 3.25. The lowest BCUT2D eigenvalue weighted by atomic mass is 9.93. The van der Waals surface area contributed by atoms with Crippen molar-refractivity contribution in [3.63, 3.8) is 0 Å². The Morgan fingerprint density at radius 1 is 1.25 bits per heavy atom. The van der Waals surface area contributed by atoms with Crippen molar-refractivity contribution < 1.29 is 14.2 Å². The lowest BCUT2D eigenvalue weighted by Crippen LogP contribution is -2.56. The molecule has 0 radical (unpaired) electrons. The van der Waals surface area contributed by atoms with E-state index in [4.69, 9.17) is 14.2 Å². The van der Waals surface area contributed by atoms with Crippen LogP contribution >= 0.6 is 0 Å². The SMILES string of the molecule is COc1ccc(CC2(C)CNC(C)C(C)O2)cc1OC. The van der Waals surface area contributed by atoms with E-state index in [1.54, 1.807) is 14.2 Å². The maximum atomic E-state index is 6.19. The van der Waals surface area contributed by atoms with Gasteiger partial charge in [-0.1, -0.05) is 6.07 Å². The number of hydrogen-bond acceptors (Lipinski definition) is 4. The molecular weight excluding hydrogens is 254 g/mol. The summed E-state index contributed by atoms with van der Waals surface area (Å²) >= 11 is 0. The van der Waals surface area contributed by atoms with E-state index in [2.05, 4.69) is 32.2 Å². The molecule has 0 aromatic heterocycles. The standard InChI is InChI=1S/C16H25NO3/c1-11-12(2)20-16(3,10-17-11)9-13-6-7-14(18-4)15(8-13)19-5/h6-8,11-12,17H,9-10H2,1-5H3. The van der Waals surface area contributed by atoms with Gasteiger partial charge in [-0.2, -0.15) is 0 Å². The molecule has 0 saturated carbocycles. The predicted octanol–water partition coefficient (Wildman–Crippen LogP) is 2.40. The summed E-state index contributed by atoms with van der Waals surface area (Å²) in [6.07, 6.45) is 1.06. The first-order valence-corrected chi connectivity index (χ1v) is 7.09. The van der Waals surface area contributed by atoms with Crippen molar-refractivity contribution in [2.24, 2.45) is 0 Å². The zero-order chi connectivity index (χ0) is 14.8. The van der Waals surface area contributed by atoms with Crippen molar-refractivity contribution in [2.75, 3.05) is 20.8 Å². The van der Waals surface area contributed by atoms with Crippen LogP contribution in [0.25, 0.3) is 0 Å². The van der Waals surface area contributed by atoms with Gasteiger partial charge in [-0.25, -0.2) is 0 Å². The Morgan fingerprint density at radius 3 is 2.55 bits per heavy atom. The van der Waals surface area contributed by atoms with Crippen LogP contribution in [0.15, 0.2) is 18.2 Å². The van der Waals surface area contributed by atoms with E-state index >= 15 is 0 Å². The molecule has 4 nitrogen and oxygen atoms in total. The highest BCUT2D eigenvalue weighted by Crippen LogP contribution is 2.31. The van der Waals surface area contributed by atoms with E-state index in [0.29, 0.717) is 6.04 Å². The molecule has 1 aliphatic heterocycles. The fourth-order valence-corrected chi connectivity index (χ4v) is 2.66. The predicted molar refractivity (Wildman–Crippen MR) is 79.7 cm³/mol. The van der Waals surface area contributed by atoms with Gasteiger partial charge in [0.05, 0.1) is 25.9 Å². The van der Waals surface area contributed by atoms with E-state index in [9.17, 15) is 0 Å². The van der Waals surface area contributed by atoms with E-state index in [-0.39, 0.29) is 11.7 Å². The zero-order valence-corrected chi connectivity index (χ0v) is 13.0. The third-order valence-corrected chi connectivity index (χ3v) is 4.00. The van der Waals surface area contributed by atoms with Gasteiger partial charge in [-0.15, -0.1) is 0 Å². The summed E-state index contributed by atoms with van der Waals surface area (Å²) in [4.78, 5) is 0. The average molecular weight is 279 g/mol. The van der Waals surface area contributed by atoms with Gasteiger partial charge in [0.1, 0.15) is 0 Å². The minimum Gasteiger partial charge on any atom is -0.493 e. The van der Waals surface area contributed by atoms with Crippen LogP contribution in [0.4, 0.5) is 0 Å². The molecule has 1 saturated heterocycles. The highest BCUT2D eigenvalue weighted by atomic mass is 16.5. The summed E-state index contributed by atoms with van der Waals surface area (Å²) in [5, 5.41) is 3.51. The first-order valence-electron chi connectivity index (χ1n) is 7.09. The highest BCUT2D eigenvalue weighted by molar-refractivity contribution is 5.43. The molecule has 2 rings (SSSR count). The van der Waals surface area contributed by atoms with E-state index in [0.717, 1.165) is 24.5 Å². The van der Waals surface area contributed by atoms with Gasteiger partial charge >= 0.3 is 0 Å². The van der Waals surface area contributed by atoms with Crippen LogP contribution in [-0.4, -0.2) is 38.5 Å². The summed E-state index contributed by atoms with van der Waals surface area (Å²) in [6.45, 7) is 7.27. The molecule has 1 N–H and O–H groups in total. The molecule has 0 bridgehead atoms. The number of nitrogens with one attached hydrogen (secondary N) is 1. The summed E-state index contributed by atoms with van der Waals surface area (Å²) in [5.41, 5.74) is 1.000. The molecule has 1 aliphatic rings. The van der Waals surface area contributed by atoms with Gasteiger partial charge in [0, 0.05) is 19.0 Å². The van der Waals surface area contributed by atoms with Crippen molar-refractivity contribution >= 4 is 0 Å². The van der Waals surface area contributed by atoms with E-state index in [1.165, 1.54) is 5.56 Å². The Labute approximate surface area is 121 Å². The molecule has 0 spiro atoms. The molecule has 3 unspecified atom stereocenters. The third-order valence-electron chi connectivity index (χ3n) is 4.00. The Hall–Kier alpha value is -1.26. The second-order valence-electron chi connectivity index (χ2n) is 5.81. The van der Waals surface area contributed by atoms with Gasteiger partial charge < -0.3 is 19.5 Å². The van der Waals surface area contributed by atoms with Gasteiger partial charge in [0.15, 0.2) is 11.5 Å². The maximum absolute atomic E-state index is 6.19. The van der Waals surface area contributed by atoms with Gasteiger partial charge in [0.2, 0.25) is 0 Å². The van der Waals surface area contributed by atoms with E-state index in [1.807, 2.05) is 12.1 Å². The Bertz CT molecular complexity index is 463. The molecule has 20 heavy (non-hydrogen) atoms. The first-order chi connectivity index (χ1) is 9.47. The Kier molecular flexibility index (Phi) is 4.55. The average Bonchev–Trinajstić information content (AvgIpc) is 2.43. The van der Waals surface area contributed by atoms with Crippen molar-refractivity contribution in [1.82, 2.24) is 5.32 Å². The Morgan fingerprint density at radius 2 is 1.95 bits per heavy atom. The van der Waals surface area contributed by atoms with Crippen molar-refractivity contribution in [1.29, 1.82) is 0 Å². The first kappa shape index (κ1) is 15.1. The Balaban J connectivity index is 2.13. The van der Waals surface area contributed by atoms with Crippen LogP contribution in [0.1, 0.15) is 26.3 Å². The smallest absolute Gasteiger partial charge is 0.160 e. The quantitative estimate of drug-likeness (QED) is 0.918. The summed E-state index contributed by atoms with van der Waals surface area (Å²) in [6, 6.07) is 6.43. The maximum Gasteiger partial charge on any atom is 0.160 e. The fraction of sp³-hybridized carbons (Fsp3) is 0.625. The highest BCUT2D eigenvalue weighted by Gasteiger charge is 2.34.